The molecular formula is C24H32N2O4. The summed E-state index contributed by atoms with van der Waals surface area (Å²) >= 11 is 0. The third-order valence-electron chi connectivity index (χ3n) is 4.89. The van der Waals surface area contributed by atoms with Crippen molar-refractivity contribution in [3.8, 4) is 11.5 Å². The van der Waals surface area contributed by atoms with E-state index in [9.17, 15) is 15.0 Å². The summed E-state index contributed by atoms with van der Waals surface area (Å²) in [6, 6.07) is 11.4. The van der Waals surface area contributed by atoms with Crippen molar-refractivity contribution in [2.75, 3.05) is 32.1 Å². The second-order valence-electron chi connectivity index (χ2n) is 6.98. The van der Waals surface area contributed by atoms with E-state index in [-0.39, 0.29) is 5.75 Å². The van der Waals surface area contributed by atoms with Gasteiger partial charge < -0.3 is 25.6 Å². The number of carbonyl (C=O) groups excluding carboxylic acids is 1. The maximum atomic E-state index is 10.7. The number of aliphatic hydroxyl groups excluding tert-OH is 1. The van der Waals surface area contributed by atoms with E-state index in [1.165, 1.54) is 17.7 Å². The van der Waals surface area contributed by atoms with E-state index in [2.05, 4.69) is 29.7 Å². The monoisotopic (exact) mass is 412 g/mol. The molecule has 0 spiro atoms. The summed E-state index contributed by atoms with van der Waals surface area (Å²) in [4.78, 5) is 10.7. The zero-order valence-corrected chi connectivity index (χ0v) is 17.7. The van der Waals surface area contributed by atoms with E-state index < -0.39 is 6.10 Å². The zero-order valence-electron chi connectivity index (χ0n) is 17.7. The molecule has 2 aromatic rings. The number of benzene rings is 2. The Hall–Kier alpha value is -2.83. The van der Waals surface area contributed by atoms with Gasteiger partial charge in [-0.1, -0.05) is 25.1 Å². The predicted octanol–water partition coefficient (Wildman–Crippen LogP) is 3.69. The van der Waals surface area contributed by atoms with E-state index in [0.29, 0.717) is 36.3 Å². The topological polar surface area (TPSA) is 90.8 Å². The third kappa shape index (κ3) is 6.90. The van der Waals surface area contributed by atoms with E-state index in [1.54, 1.807) is 19.2 Å². The molecule has 30 heavy (non-hydrogen) atoms. The number of aromatic hydroxyl groups is 1. The van der Waals surface area contributed by atoms with Crippen LogP contribution in [0, 0.1) is 0 Å². The number of aldehydes is 1. The number of phenolic OH excluding ortho intramolecular Hbond substituents is 1. The average Bonchev–Trinajstić information content (AvgIpc) is 2.77. The molecule has 0 aliphatic carbocycles. The molecule has 0 bridgehead atoms. The van der Waals surface area contributed by atoms with Gasteiger partial charge in [0.1, 0.15) is 17.8 Å². The lowest BCUT2D eigenvalue weighted by molar-refractivity contribution is -0.104. The Bertz CT molecular complexity index is 819. The molecule has 0 fully saturated rings. The van der Waals surface area contributed by atoms with E-state index in [4.69, 9.17) is 4.74 Å². The fourth-order valence-corrected chi connectivity index (χ4v) is 3.20. The lowest BCUT2D eigenvalue weighted by Crippen LogP contribution is -2.23. The first kappa shape index (κ1) is 23.4. The first-order chi connectivity index (χ1) is 14.6. The Morgan fingerprint density at radius 1 is 1.13 bits per heavy atom. The molecule has 6 heteroatoms. The average molecular weight is 413 g/mol. The lowest BCUT2D eigenvalue weighted by atomic mass is 9.99. The minimum absolute atomic E-state index is 0.0660. The molecule has 4 N–H and O–H groups in total. The summed E-state index contributed by atoms with van der Waals surface area (Å²) in [5.74, 6) is 0.954. The molecule has 0 saturated carbocycles. The second-order valence-corrected chi connectivity index (χ2v) is 6.98. The Morgan fingerprint density at radius 3 is 2.57 bits per heavy atom. The molecule has 0 heterocycles. The number of carbonyl (C=O) groups is 1. The molecule has 2 aromatic carbocycles. The molecule has 0 radical (unpaired) electrons. The molecule has 6 nitrogen and oxygen atoms in total. The highest BCUT2D eigenvalue weighted by atomic mass is 16.5. The highest BCUT2D eigenvalue weighted by Crippen LogP contribution is 2.33. The summed E-state index contributed by atoms with van der Waals surface area (Å²) in [5.41, 5.74) is 3.02. The molecule has 0 aromatic heterocycles. The van der Waals surface area contributed by atoms with Crippen LogP contribution in [-0.4, -0.2) is 43.2 Å². The predicted molar refractivity (Wildman–Crippen MR) is 121 cm³/mol. The van der Waals surface area contributed by atoms with Crippen LogP contribution >= 0.6 is 0 Å². The number of ether oxygens (including phenoxy) is 1. The molecule has 1 unspecified atom stereocenters. The van der Waals surface area contributed by atoms with E-state index in [0.717, 1.165) is 31.6 Å². The number of nitrogens with one attached hydrogen (secondary N) is 2. The minimum Gasteiger partial charge on any atom is -0.506 e. The number of aryl methyl sites for hydroxylation is 1. The quantitative estimate of drug-likeness (QED) is 0.174. The fourth-order valence-electron chi connectivity index (χ4n) is 3.20. The number of anilines is 1. The smallest absolute Gasteiger partial charge is 0.142 e. The first-order valence-electron chi connectivity index (χ1n) is 10.4. The maximum absolute atomic E-state index is 10.7. The van der Waals surface area contributed by atoms with Crippen molar-refractivity contribution in [1.29, 1.82) is 0 Å². The van der Waals surface area contributed by atoms with Crippen molar-refractivity contribution >= 4 is 18.0 Å². The maximum Gasteiger partial charge on any atom is 0.142 e. The van der Waals surface area contributed by atoms with Crippen molar-refractivity contribution in [3.63, 3.8) is 0 Å². The number of hydrogen-bond acceptors (Lipinski definition) is 6. The minimum atomic E-state index is -0.766. The highest BCUT2D eigenvalue weighted by Gasteiger charge is 2.16. The molecule has 0 amide bonds. The van der Waals surface area contributed by atoms with Crippen molar-refractivity contribution in [2.24, 2.45) is 0 Å². The number of hydrogen-bond donors (Lipinski definition) is 4. The molecule has 2 rings (SSSR count). The van der Waals surface area contributed by atoms with Crippen molar-refractivity contribution in [2.45, 2.75) is 32.3 Å². The van der Waals surface area contributed by atoms with Crippen LogP contribution in [0.4, 0.5) is 5.69 Å². The van der Waals surface area contributed by atoms with Crippen LogP contribution < -0.4 is 15.4 Å². The molecule has 1 atom stereocenters. The van der Waals surface area contributed by atoms with Gasteiger partial charge in [0.05, 0.1) is 18.4 Å². The van der Waals surface area contributed by atoms with Crippen molar-refractivity contribution in [3.05, 3.63) is 59.2 Å². The van der Waals surface area contributed by atoms with Gasteiger partial charge in [0, 0.05) is 19.2 Å². The number of aliphatic hydroxyl groups is 1. The van der Waals surface area contributed by atoms with Gasteiger partial charge in [-0.3, -0.25) is 4.79 Å². The van der Waals surface area contributed by atoms with E-state index in [1.807, 2.05) is 12.1 Å². The van der Waals surface area contributed by atoms with E-state index >= 15 is 0 Å². The molecule has 0 aliphatic heterocycles. The van der Waals surface area contributed by atoms with Crippen LogP contribution in [0.1, 0.15) is 42.6 Å². The van der Waals surface area contributed by atoms with Gasteiger partial charge in [0.15, 0.2) is 0 Å². The first-order valence-corrected chi connectivity index (χ1v) is 10.4. The standard InChI is InChI=1S/C24H32N2O4/c1-3-18-8-10-19(11-9-18)30-16-5-4-14-26-17-23(29)20-12-13-22(28)24(25-2)21(20)7-6-15-27/h6-13,15,23,25-26,28-29H,3-5,14,16-17H2,1-2H3/b7-6-. The van der Waals surface area contributed by atoms with Crippen LogP contribution in [0.2, 0.25) is 0 Å². The summed E-state index contributed by atoms with van der Waals surface area (Å²) in [6.07, 6.45) is 5.68. The Kier molecular flexibility index (Phi) is 9.91. The number of phenols is 1. The van der Waals surface area contributed by atoms with Gasteiger partial charge in [0.25, 0.3) is 0 Å². The van der Waals surface area contributed by atoms with Crippen LogP contribution in [0.3, 0.4) is 0 Å². The molecule has 0 saturated heterocycles. The molecule has 0 aliphatic rings. The van der Waals surface area contributed by atoms with Crippen LogP contribution in [0.15, 0.2) is 42.5 Å². The fraction of sp³-hybridized carbons (Fsp3) is 0.375. The zero-order chi connectivity index (χ0) is 21.8. The molecular weight excluding hydrogens is 380 g/mol. The van der Waals surface area contributed by atoms with Crippen LogP contribution in [-0.2, 0) is 11.2 Å². The van der Waals surface area contributed by atoms with Gasteiger partial charge in [-0.25, -0.2) is 0 Å². The van der Waals surface area contributed by atoms with Gasteiger partial charge in [-0.2, -0.15) is 0 Å². The Labute approximate surface area is 178 Å². The number of unbranched alkanes of at least 4 members (excludes halogenated alkanes) is 1. The highest BCUT2D eigenvalue weighted by molar-refractivity contribution is 5.81. The van der Waals surface area contributed by atoms with Crippen LogP contribution in [0.5, 0.6) is 11.5 Å². The van der Waals surface area contributed by atoms with Gasteiger partial charge in [-0.05, 0) is 67.3 Å². The SMILES string of the molecule is CCc1ccc(OCCCCNCC(O)c2ccc(O)c(NC)c2/C=C\C=O)cc1. The number of rotatable bonds is 13. The lowest BCUT2D eigenvalue weighted by Gasteiger charge is -2.18. The normalized spacial score (nSPS) is 12.1. The van der Waals surface area contributed by atoms with Gasteiger partial charge >= 0.3 is 0 Å². The van der Waals surface area contributed by atoms with Gasteiger partial charge in [-0.15, -0.1) is 0 Å². The largest absolute Gasteiger partial charge is 0.506 e. The summed E-state index contributed by atoms with van der Waals surface area (Å²) in [5, 5.41) is 26.8. The van der Waals surface area contributed by atoms with Crippen molar-refractivity contribution in [1.82, 2.24) is 5.32 Å². The van der Waals surface area contributed by atoms with Gasteiger partial charge in [0.2, 0.25) is 0 Å². The summed E-state index contributed by atoms with van der Waals surface area (Å²) in [6.45, 7) is 3.91. The van der Waals surface area contributed by atoms with Crippen molar-refractivity contribution < 1.29 is 19.7 Å². The Balaban J connectivity index is 1.77. The summed E-state index contributed by atoms with van der Waals surface area (Å²) < 4.78 is 5.75. The second kappa shape index (κ2) is 12.7. The van der Waals surface area contributed by atoms with Crippen LogP contribution in [0.25, 0.3) is 6.08 Å². The molecule has 162 valence electrons. The summed E-state index contributed by atoms with van der Waals surface area (Å²) in [7, 11) is 1.68. The third-order valence-corrected chi connectivity index (χ3v) is 4.89. The Morgan fingerprint density at radius 2 is 1.90 bits per heavy atom. The number of allylic oxidation sites excluding steroid dienone is 1.